The molecule has 2 amide bonds. The van der Waals surface area contributed by atoms with Gasteiger partial charge in [0.05, 0.1) is 16.3 Å². The Kier molecular flexibility index (Phi) is 8.32. The molecule has 1 aromatic rings. The molecule has 33 heavy (non-hydrogen) atoms. The van der Waals surface area contributed by atoms with Crippen molar-refractivity contribution in [2.75, 3.05) is 56.5 Å². The lowest BCUT2D eigenvalue weighted by Crippen LogP contribution is -2.44. The highest BCUT2D eigenvalue weighted by molar-refractivity contribution is 8.00. The van der Waals surface area contributed by atoms with E-state index < -0.39 is 10.0 Å². The van der Waals surface area contributed by atoms with Gasteiger partial charge in [0.15, 0.2) is 0 Å². The molecule has 1 aromatic carbocycles. The molecular weight excluding hydrogens is 460 g/mol. The van der Waals surface area contributed by atoms with Crippen LogP contribution in [0.4, 0.5) is 5.69 Å². The highest BCUT2D eigenvalue weighted by Gasteiger charge is 2.31. The Balaban J connectivity index is 1.37. The largest absolute Gasteiger partial charge is 0.355 e. The molecule has 1 N–H and O–H groups in total. The molecule has 0 spiro atoms. The minimum atomic E-state index is -3.59. The zero-order chi connectivity index (χ0) is 23.3. The number of rotatable bonds is 8. The van der Waals surface area contributed by atoms with Crippen LogP contribution in [0.2, 0.25) is 0 Å². The first-order valence-corrected chi connectivity index (χ1v) is 14.4. The number of hydrogen-bond donors (Lipinski definition) is 1. The molecule has 3 aliphatic rings. The van der Waals surface area contributed by atoms with Crippen LogP contribution >= 0.6 is 11.8 Å². The molecule has 2 saturated heterocycles. The SMILES string of the molecule is O=C(CN1C(=O)CSc2ccc(S(=O)(=O)N3CCCC3)cc21)NCCCN1CCCCCC1. The van der Waals surface area contributed by atoms with Crippen molar-refractivity contribution in [2.24, 2.45) is 0 Å². The molecule has 4 rings (SSSR count). The molecule has 0 aromatic heterocycles. The number of amides is 2. The first-order valence-electron chi connectivity index (χ1n) is 12.0. The van der Waals surface area contributed by atoms with Crippen LogP contribution in [0.1, 0.15) is 44.9 Å². The minimum absolute atomic E-state index is 0.0939. The van der Waals surface area contributed by atoms with Gasteiger partial charge in [-0.05, 0) is 69.9 Å². The highest BCUT2D eigenvalue weighted by atomic mass is 32.2. The van der Waals surface area contributed by atoms with Crippen LogP contribution in [0, 0.1) is 0 Å². The first-order chi connectivity index (χ1) is 15.9. The molecule has 0 unspecified atom stereocenters. The molecule has 182 valence electrons. The maximum atomic E-state index is 13.0. The van der Waals surface area contributed by atoms with Crippen LogP contribution in [0.25, 0.3) is 0 Å². The van der Waals surface area contributed by atoms with Crippen molar-refractivity contribution in [3.05, 3.63) is 18.2 Å². The molecule has 0 aliphatic carbocycles. The minimum Gasteiger partial charge on any atom is -0.355 e. The van der Waals surface area contributed by atoms with Crippen molar-refractivity contribution in [2.45, 2.75) is 54.7 Å². The monoisotopic (exact) mass is 494 g/mol. The van der Waals surface area contributed by atoms with Gasteiger partial charge in [-0.2, -0.15) is 4.31 Å². The maximum Gasteiger partial charge on any atom is 0.243 e. The first kappa shape index (κ1) is 24.5. The van der Waals surface area contributed by atoms with Crippen LogP contribution in [0.5, 0.6) is 0 Å². The fraction of sp³-hybridized carbons (Fsp3) is 0.652. The zero-order valence-corrected chi connectivity index (χ0v) is 20.8. The van der Waals surface area contributed by atoms with Gasteiger partial charge in [0.1, 0.15) is 6.54 Å². The molecule has 0 atom stereocenters. The fourth-order valence-corrected chi connectivity index (χ4v) is 7.14. The van der Waals surface area contributed by atoms with E-state index in [0.717, 1.165) is 43.8 Å². The number of sulfonamides is 1. The molecule has 0 saturated carbocycles. The third kappa shape index (κ3) is 6.09. The second-order valence-corrected chi connectivity index (χ2v) is 11.9. The van der Waals surface area contributed by atoms with Crippen LogP contribution in [-0.4, -0.2) is 81.0 Å². The number of anilines is 1. The molecule has 3 aliphatic heterocycles. The number of hydrogen-bond acceptors (Lipinski definition) is 6. The van der Waals surface area contributed by atoms with Gasteiger partial charge in [-0.1, -0.05) is 12.8 Å². The van der Waals surface area contributed by atoms with E-state index in [9.17, 15) is 18.0 Å². The molecular formula is C23H34N4O4S2. The smallest absolute Gasteiger partial charge is 0.243 e. The Hall–Kier alpha value is -1.62. The van der Waals surface area contributed by atoms with Crippen LogP contribution in [-0.2, 0) is 19.6 Å². The van der Waals surface area contributed by atoms with E-state index >= 15 is 0 Å². The molecule has 0 bridgehead atoms. The van der Waals surface area contributed by atoms with Gasteiger partial charge >= 0.3 is 0 Å². The average Bonchev–Trinajstić information content (AvgIpc) is 3.24. The number of carbonyl (C=O) groups is 2. The van der Waals surface area contributed by atoms with Crippen molar-refractivity contribution in [1.82, 2.24) is 14.5 Å². The van der Waals surface area contributed by atoms with Gasteiger partial charge in [0.25, 0.3) is 0 Å². The predicted molar refractivity (Wildman–Crippen MR) is 130 cm³/mol. The van der Waals surface area contributed by atoms with Gasteiger partial charge in [-0.25, -0.2) is 8.42 Å². The third-order valence-corrected chi connectivity index (χ3v) is 9.49. The Bertz CT molecular complexity index is 955. The summed E-state index contributed by atoms with van der Waals surface area (Å²) < 4.78 is 27.5. The van der Waals surface area contributed by atoms with Crippen molar-refractivity contribution >= 4 is 39.3 Å². The second-order valence-electron chi connectivity index (χ2n) is 8.97. The highest BCUT2D eigenvalue weighted by Crippen LogP contribution is 2.37. The van der Waals surface area contributed by atoms with Gasteiger partial charge in [-0.15, -0.1) is 11.8 Å². The zero-order valence-electron chi connectivity index (χ0n) is 19.1. The summed E-state index contributed by atoms with van der Waals surface area (Å²) in [4.78, 5) is 30.1. The number of carbonyl (C=O) groups excluding carboxylic acids is 2. The molecule has 3 heterocycles. The Morgan fingerprint density at radius 2 is 1.70 bits per heavy atom. The van der Waals surface area contributed by atoms with Crippen molar-refractivity contribution in [3.8, 4) is 0 Å². The van der Waals surface area contributed by atoms with E-state index in [1.54, 1.807) is 18.2 Å². The van der Waals surface area contributed by atoms with E-state index in [-0.39, 0.29) is 29.0 Å². The standard InChI is InChI=1S/C23H34N4O4S2/c28-22(24-10-7-13-25-11-3-1-2-4-12-25)17-27-20-16-19(8-9-21(20)32-18-23(27)29)33(30,31)26-14-5-6-15-26/h8-9,16H,1-7,10-15,17-18H2,(H,24,28). The normalized spacial score (nSPS) is 20.5. The Labute approximate surface area is 201 Å². The average molecular weight is 495 g/mol. The number of fused-ring (bicyclic) bond motifs is 1. The number of likely N-dealkylation sites (tertiary alicyclic amines) is 1. The molecule has 10 heteroatoms. The van der Waals surface area contributed by atoms with E-state index in [1.807, 2.05) is 0 Å². The van der Waals surface area contributed by atoms with E-state index in [2.05, 4.69) is 10.2 Å². The van der Waals surface area contributed by atoms with Gasteiger partial charge < -0.3 is 15.1 Å². The lowest BCUT2D eigenvalue weighted by Gasteiger charge is -2.29. The Morgan fingerprint density at radius 3 is 2.42 bits per heavy atom. The number of benzene rings is 1. The summed E-state index contributed by atoms with van der Waals surface area (Å²) in [7, 11) is -3.59. The number of nitrogens with one attached hydrogen (secondary N) is 1. The van der Waals surface area contributed by atoms with E-state index in [1.165, 1.54) is 46.7 Å². The predicted octanol–water partition coefficient (Wildman–Crippen LogP) is 2.29. The van der Waals surface area contributed by atoms with E-state index in [4.69, 9.17) is 0 Å². The number of nitrogens with zero attached hydrogens (tertiary/aromatic N) is 3. The summed E-state index contributed by atoms with van der Waals surface area (Å²) >= 11 is 1.38. The molecule has 0 radical (unpaired) electrons. The van der Waals surface area contributed by atoms with Gasteiger partial charge in [-0.3, -0.25) is 9.59 Å². The quantitative estimate of drug-likeness (QED) is 0.558. The summed E-state index contributed by atoms with van der Waals surface area (Å²) in [5.74, 6) is -0.152. The van der Waals surface area contributed by atoms with Crippen molar-refractivity contribution in [1.29, 1.82) is 0 Å². The van der Waals surface area contributed by atoms with Crippen LogP contribution in [0.15, 0.2) is 28.0 Å². The summed E-state index contributed by atoms with van der Waals surface area (Å²) in [5.41, 5.74) is 0.510. The lowest BCUT2D eigenvalue weighted by molar-refractivity contribution is -0.123. The lowest BCUT2D eigenvalue weighted by atomic mass is 10.2. The fourth-order valence-electron chi connectivity index (χ4n) is 4.68. The van der Waals surface area contributed by atoms with Crippen LogP contribution in [0.3, 0.4) is 0 Å². The Morgan fingerprint density at radius 1 is 1.00 bits per heavy atom. The van der Waals surface area contributed by atoms with Crippen molar-refractivity contribution < 1.29 is 18.0 Å². The van der Waals surface area contributed by atoms with Crippen molar-refractivity contribution in [3.63, 3.8) is 0 Å². The maximum absolute atomic E-state index is 13.0. The topological polar surface area (TPSA) is 90.0 Å². The summed E-state index contributed by atoms with van der Waals surface area (Å²) in [6.45, 7) is 4.76. The van der Waals surface area contributed by atoms with Gasteiger partial charge in [0, 0.05) is 24.5 Å². The second kappa shape index (κ2) is 11.2. The molecule has 2 fully saturated rings. The van der Waals surface area contributed by atoms with Crippen LogP contribution < -0.4 is 10.2 Å². The summed E-state index contributed by atoms with van der Waals surface area (Å²) in [5, 5.41) is 2.93. The third-order valence-electron chi connectivity index (χ3n) is 6.55. The summed E-state index contributed by atoms with van der Waals surface area (Å²) in [6, 6.07) is 4.91. The van der Waals surface area contributed by atoms with Gasteiger partial charge in [0.2, 0.25) is 21.8 Å². The van der Waals surface area contributed by atoms with E-state index in [0.29, 0.717) is 25.3 Å². The summed E-state index contributed by atoms with van der Waals surface area (Å²) in [6.07, 6.45) is 7.71. The number of thioether (sulfide) groups is 1. The molecule has 8 nitrogen and oxygen atoms in total.